The number of aliphatic hydroxyl groups excluding tert-OH is 2. The third-order valence-electron chi connectivity index (χ3n) is 14.2. The first-order valence-electron chi connectivity index (χ1n) is 25.4. The van der Waals surface area contributed by atoms with Gasteiger partial charge in [-0.15, -0.1) is 0 Å². The number of ketones is 1. The Morgan fingerprint density at radius 1 is 0.889 bits per heavy atom. The van der Waals surface area contributed by atoms with Gasteiger partial charge in [0.1, 0.15) is 42.4 Å². The molecule has 0 aromatic carbocycles. The number of aliphatic hydroxyl groups is 3. The molecular weight excluding hydrogens is 943 g/mol. The van der Waals surface area contributed by atoms with Crippen LogP contribution >= 0.6 is 0 Å². The summed E-state index contributed by atoms with van der Waals surface area (Å²) in [6.07, 6.45) is -6.95. The van der Waals surface area contributed by atoms with Gasteiger partial charge in [0.05, 0.1) is 49.6 Å². The fourth-order valence-corrected chi connectivity index (χ4v) is 10.4. The van der Waals surface area contributed by atoms with Crippen molar-refractivity contribution in [3.05, 3.63) is 24.3 Å². The number of methoxy groups -OCH3 is 2. The Hall–Kier alpha value is -3.25. The van der Waals surface area contributed by atoms with Crippen molar-refractivity contribution >= 4 is 30.0 Å². The van der Waals surface area contributed by atoms with Crippen molar-refractivity contribution in [2.75, 3.05) is 34.9 Å². The van der Waals surface area contributed by atoms with Crippen LogP contribution in [0, 0.1) is 29.6 Å². The van der Waals surface area contributed by atoms with Gasteiger partial charge in [-0.3, -0.25) is 19.2 Å². The second-order valence-corrected chi connectivity index (χ2v) is 20.9. The van der Waals surface area contributed by atoms with Crippen LogP contribution in [0.3, 0.4) is 0 Å². The SMILES string of the molecule is CC[C@H]1OC(=O)C[C@@H](O)[C@H](C)[C@@H](O[C@H]2O[C@H](C)[C@@H](O[C@H]3C[C@@](C)(O)[C@@H](OC(C)=O)[C@H](C)O3)[C@H](N(C)C)[C@H]2O)C(CC=O)C[C@@H](C)C(=O)/C=C/C=C/[C@@H]1CO[C@@H]1O[C@H](C)[C@@H](OC(=O)CC(C)C)[C@@H](OC)[C@H]1OC. The van der Waals surface area contributed by atoms with Gasteiger partial charge >= 0.3 is 17.9 Å². The number of esters is 3. The quantitative estimate of drug-likeness (QED) is 0.107. The Bertz CT molecular complexity index is 1810. The standard InChI is InChI=1S/C52H85NO19/c1-15-38-35(26-64-51-48(63-14)47(62-13)46(31(7)67-51)70-39(58)22-27(2)3)18-16-17-19-36(56)28(4)23-34(20-21-54)44(29(5)37(57)24-40(59)69-38)72-50-43(60)42(53(11)12)45(30(6)66-50)71-41-25-52(10,61)49(32(8)65-41)68-33(9)55/h16-19,21,27-32,34-35,37-38,41-51,57,60-61H,15,20,22-26H2,1-14H3/b18-16+,19-17+/t28-,29+,30-,31-,32+,34?,35-,37-,38-,41+,42-,43-,44-,45-,46-,47-,48-,49+,50-,51-,52-/m1/s1. The van der Waals surface area contributed by atoms with Gasteiger partial charge in [-0.25, -0.2) is 0 Å². The highest BCUT2D eigenvalue weighted by Gasteiger charge is 2.53. The van der Waals surface area contributed by atoms with E-state index in [4.69, 9.17) is 52.1 Å². The molecular formula is C52H85NO19. The van der Waals surface area contributed by atoms with Crippen molar-refractivity contribution in [3.63, 3.8) is 0 Å². The molecule has 3 saturated heterocycles. The lowest BCUT2D eigenvalue weighted by molar-refractivity contribution is -0.342. The molecule has 0 aromatic heterocycles. The minimum absolute atomic E-state index is 0.0413. The first kappa shape index (κ1) is 61.3. The summed E-state index contributed by atoms with van der Waals surface area (Å²) in [4.78, 5) is 66.2. The summed E-state index contributed by atoms with van der Waals surface area (Å²) in [6, 6.07) is -0.785. The van der Waals surface area contributed by atoms with Gasteiger partial charge in [-0.1, -0.05) is 52.8 Å². The molecule has 4 aliphatic heterocycles. The van der Waals surface area contributed by atoms with Crippen molar-refractivity contribution in [2.45, 2.75) is 212 Å². The van der Waals surface area contributed by atoms with E-state index in [1.165, 1.54) is 34.1 Å². The maximum Gasteiger partial charge on any atom is 0.308 e. The van der Waals surface area contributed by atoms with E-state index in [1.54, 1.807) is 71.8 Å². The van der Waals surface area contributed by atoms with E-state index in [9.17, 15) is 39.3 Å². The maximum absolute atomic E-state index is 13.9. The lowest BCUT2D eigenvalue weighted by Gasteiger charge is -2.50. The van der Waals surface area contributed by atoms with Gasteiger partial charge in [-0.05, 0) is 72.5 Å². The Kier molecular flexibility index (Phi) is 23.9. The number of carbonyl (C=O) groups excluding carboxylic acids is 5. The van der Waals surface area contributed by atoms with Crippen molar-refractivity contribution in [3.8, 4) is 0 Å². The van der Waals surface area contributed by atoms with E-state index in [-0.39, 0.29) is 44.0 Å². The Morgan fingerprint density at radius 2 is 1.54 bits per heavy atom. The van der Waals surface area contributed by atoms with Gasteiger partial charge in [0.25, 0.3) is 0 Å². The molecule has 0 aliphatic carbocycles. The van der Waals surface area contributed by atoms with Crippen LogP contribution in [0.2, 0.25) is 0 Å². The molecule has 4 rings (SSSR count). The molecule has 72 heavy (non-hydrogen) atoms. The molecule has 1 unspecified atom stereocenters. The number of hydrogen-bond donors (Lipinski definition) is 3. The van der Waals surface area contributed by atoms with E-state index in [0.717, 1.165) is 0 Å². The summed E-state index contributed by atoms with van der Waals surface area (Å²) in [6.45, 7) is 16.9. The smallest absolute Gasteiger partial charge is 0.308 e. The lowest BCUT2D eigenvalue weighted by Crippen LogP contribution is -2.65. The van der Waals surface area contributed by atoms with Crippen molar-refractivity contribution in [2.24, 2.45) is 29.6 Å². The number of carbonyl (C=O) groups is 5. The second-order valence-electron chi connectivity index (χ2n) is 20.9. The highest BCUT2D eigenvalue weighted by Crippen LogP contribution is 2.38. The molecule has 0 radical (unpaired) electrons. The Balaban J connectivity index is 1.57. The van der Waals surface area contributed by atoms with Gasteiger partial charge in [0, 0.05) is 58.2 Å². The molecule has 4 heterocycles. The number of aldehydes is 1. The fourth-order valence-electron chi connectivity index (χ4n) is 10.4. The summed E-state index contributed by atoms with van der Waals surface area (Å²) < 4.78 is 67.0. The van der Waals surface area contributed by atoms with Crippen LogP contribution in [0.5, 0.6) is 0 Å². The largest absolute Gasteiger partial charge is 0.462 e. The first-order chi connectivity index (χ1) is 33.9. The van der Waals surface area contributed by atoms with Crippen LogP contribution in [0.25, 0.3) is 0 Å². The number of ether oxygens (including phenoxy) is 11. The van der Waals surface area contributed by atoms with Crippen molar-refractivity contribution < 1.29 is 91.4 Å². The number of allylic oxidation sites excluding steroid dienone is 3. The maximum atomic E-state index is 13.9. The van der Waals surface area contributed by atoms with E-state index in [0.29, 0.717) is 12.7 Å². The topological polar surface area (TPSA) is 251 Å². The zero-order chi connectivity index (χ0) is 53.8. The first-order valence-corrected chi connectivity index (χ1v) is 25.4. The molecule has 20 nitrogen and oxygen atoms in total. The fraction of sp³-hybridized carbons (Fsp3) is 0.827. The van der Waals surface area contributed by atoms with Gasteiger partial charge in [0.15, 0.2) is 36.9 Å². The summed E-state index contributed by atoms with van der Waals surface area (Å²) >= 11 is 0. The summed E-state index contributed by atoms with van der Waals surface area (Å²) in [5.74, 6) is -4.62. The Labute approximate surface area is 425 Å². The highest BCUT2D eigenvalue weighted by molar-refractivity contribution is 5.91. The van der Waals surface area contributed by atoms with Crippen LogP contribution in [0.1, 0.15) is 108 Å². The van der Waals surface area contributed by atoms with Crippen LogP contribution in [-0.2, 0) is 76.1 Å². The Morgan fingerprint density at radius 3 is 2.12 bits per heavy atom. The van der Waals surface area contributed by atoms with E-state index in [2.05, 4.69) is 0 Å². The van der Waals surface area contributed by atoms with Gasteiger partial charge < -0.3 is 77.1 Å². The zero-order valence-corrected chi connectivity index (χ0v) is 44.8. The number of hydrogen-bond acceptors (Lipinski definition) is 20. The molecule has 4 aliphatic rings. The monoisotopic (exact) mass is 1030 g/mol. The summed E-state index contributed by atoms with van der Waals surface area (Å²) in [7, 11) is 6.44. The average molecular weight is 1030 g/mol. The third kappa shape index (κ3) is 16.4. The van der Waals surface area contributed by atoms with Crippen LogP contribution in [-0.4, -0.2) is 189 Å². The van der Waals surface area contributed by atoms with Crippen LogP contribution in [0.15, 0.2) is 24.3 Å². The van der Waals surface area contributed by atoms with Crippen LogP contribution in [0.4, 0.5) is 0 Å². The summed E-state index contributed by atoms with van der Waals surface area (Å²) in [5, 5.41) is 35.3. The number of rotatable bonds is 17. The van der Waals surface area contributed by atoms with E-state index >= 15 is 0 Å². The zero-order valence-electron chi connectivity index (χ0n) is 44.8. The highest BCUT2D eigenvalue weighted by atomic mass is 16.7. The van der Waals surface area contributed by atoms with Gasteiger partial charge in [-0.2, -0.15) is 0 Å². The normalized spacial score (nSPS) is 41.6. The van der Waals surface area contributed by atoms with Crippen LogP contribution < -0.4 is 0 Å². The van der Waals surface area contributed by atoms with Gasteiger partial charge in [0.2, 0.25) is 0 Å². The van der Waals surface area contributed by atoms with Crippen molar-refractivity contribution in [1.82, 2.24) is 4.90 Å². The van der Waals surface area contributed by atoms with E-state index < -0.39 is 152 Å². The molecule has 20 heteroatoms. The molecule has 0 bridgehead atoms. The minimum atomic E-state index is -1.50. The van der Waals surface area contributed by atoms with E-state index in [1.807, 2.05) is 20.8 Å². The average Bonchev–Trinajstić information content (AvgIpc) is 3.29. The number of cyclic esters (lactones) is 1. The summed E-state index contributed by atoms with van der Waals surface area (Å²) in [5.41, 5.74) is -1.50. The predicted molar refractivity (Wildman–Crippen MR) is 259 cm³/mol. The molecule has 3 N–H and O–H groups in total. The second kappa shape index (κ2) is 28.0. The number of nitrogens with zero attached hydrogens (tertiary/aromatic N) is 1. The molecule has 0 aromatic rings. The molecule has 3 fully saturated rings. The lowest BCUT2D eigenvalue weighted by atomic mass is 9.79. The molecule has 0 spiro atoms. The molecule has 0 amide bonds. The molecule has 412 valence electrons. The predicted octanol–water partition coefficient (Wildman–Crippen LogP) is 3.61. The number of likely N-dealkylation sites (N-methyl/N-ethyl adjacent to an activating group) is 1. The third-order valence-corrected chi connectivity index (χ3v) is 14.2. The molecule has 0 saturated carbocycles. The molecule has 21 atom stereocenters. The van der Waals surface area contributed by atoms with Crippen molar-refractivity contribution in [1.29, 1.82) is 0 Å². The minimum Gasteiger partial charge on any atom is -0.462 e.